The predicted molar refractivity (Wildman–Crippen MR) is 272 cm³/mol. The summed E-state index contributed by atoms with van der Waals surface area (Å²) in [5.74, 6) is -0.240. The summed E-state index contributed by atoms with van der Waals surface area (Å²) < 4.78 is 22.7. The molecule has 2 rings (SSSR count). The van der Waals surface area contributed by atoms with Gasteiger partial charge in [-0.1, -0.05) is 199 Å². The number of amides is 1. The topological polar surface area (TPSA) is 228 Å². The fourth-order valence-corrected chi connectivity index (χ4v) is 9.29. The molecule has 2 aliphatic heterocycles. The molecule has 2 saturated heterocycles. The van der Waals surface area contributed by atoms with E-state index in [1.54, 1.807) is 6.08 Å². The van der Waals surface area contributed by atoms with Gasteiger partial charge in [0.05, 0.1) is 32.0 Å². The largest absolute Gasteiger partial charge is 0.394 e. The molecule has 2 fully saturated rings. The molecule has 69 heavy (non-hydrogen) atoms. The van der Waals surface area contributed by atoms with Gasteiger partial charge in [-0.15, -0.1) is 0 Å². The summed E-state index contributed by atoms with van der Waals surface area (Å²) in [4.78, 5) is 13.2. The van der Waals surface area contributed by atoms with Crippen molar-refractivity contribution in [3.05, 3.63) is 24.3 Å². The van der Waals surface area contributed by atoms with Gasteiger partial charge in [0.2, 0.25) is 5.91 Å². The third-order valence-corrected chi connectivity index (χ3v) is 13.9. The third kappa shape index (κ3) is 28.5. The van der Waals surface area contributed by atoms with Crippen molar-refractivity contribution in [1.29, 1.82) is 0 Å². The van der Waals surface area contributed by atoms with Crippen molar-refractivity contribution < 1.29 is 64.6 Å². The van der Waals surface area contributed by atoms with Gasteiger partial charge in [-0.2, -0.15) is 0 Å². The van der Waals surface area contributed by atoms with E-state index >= 15 is 0 Å². The lowest BCUT2D eigenvalue weighted by Gasteiger charge is -2.46. The molecule has 0 aromatic heterocycles. The highest BCUT2D eigenvalue weighted by atomic mass is 16.7. The summed E-state index contributed by atoms with van der Waals surface area (Å²) >= 11 is 0. The number of carbonyl (C=O) groups is 1. The molecule has 1 amide bonds. The second-order valence-electron chi connectivity index (χ2n) is 20.1. The van der Waals surface area contributed by atoms with Crippen LogP contribution < -0.4 is 5.32 Å². The first-order chi connectivity index (χ1) is 33.6. The summed E-state index contributed by atoms with van der Waals surface area (Å²) in [7, 11) is 0. The zero-order valence-corrected chi connectivity index (χ0v) is 43.3. The van der Waals surface area contributed by atoms with Crippen molar-refractivity contribution in [2.45, 2.75) is 299 Å². The van der Waals surface area contributed by atoms with Gasteiger partial charge in [-0.25, -0.2) is 0 Å². The third-order valence-electron chi connectivity index (χ3n) is 13.9. The summed E-state index contributed by atoms with van der Waals surface area (Å²) in [6.07, 6.45) is 30.9. The smallest absolute Gasteiger partial charge is 0.220 e. The van der Waals surface area contributed by atoms with Crippen LogP contribution >= 0.6 is 0 Å². The van der Waals surface area contributed by atoms with Crippen LogP contribution in [0.3, 0.4) is 0 Å². The van der Waals surface area contributed by atoms with Crippen LogP contribution in [0.2, 0.25) is 0 Å². The molecular formula is C55H103NO13. The molecule has 0 saturated carbocycles. The Bertz CT molecular complexity index is 1260. The molecule has 0 spiro atoms. The molecule has 0 aromatic carbocycles. The maximum absolute atomic E-state index is 13.2. The minimum absolute atomic E-state index is 0.240. The van der Waals surface area contributed by atoms with Crippen molar-refractivity contribution in [3.63, 3.8) is 0 Å². The van der Waals surface area contributed by atoms with Gasteiger partial charge in [-0.3, -0.25) is 4.79 Å². The van der Waals surface area contributed by atoms with Gasteiger partial charge >= 0.3 is 0 Å². The Balaban J connectivity index is 1.71. The van der Waals surface area contributed by atoms with Gasteiger partial charge in [0.25, 0.3) is 0 Å². The fraction of sp³-hybridized carbons (Fsp3) is 0.909. The maximum Gasteiger partial charge on any atom is 0.220 e. The van der Waals surface area contributed by atoms with Crippen LogP contribution in [0.5, 0.6) is 0 Å². The van der Waals surface area contributed by atoms with Crippen LogP contribution in [0.4, 0.5) is 0 Å². The molecule has 12 unspecified atom stereocenters. The highest BCUT2D eigenvalue weighted by molar-refractivity contribution is 5.76. The van der Waals surface area contributed by atoms with Crippen LogP contribution in [0.15, 0.2) is 24.3 Å². The molecule has 12 atom stereocenters. The standard InChI is InChI=1S/C55H103NO13/c1-3-5-7-9-11-13-15-16-17-18-19-20-21-22-23-24-25-26-27-28-29-31-33-35-37-39-47(60)56-43(44(59)38-36-34-32-30-14-12-10-8-6-4-2)42-66-54-52(65)50(63)53(46(41-58)68-54)69-55-51(64)49(62)48(61)45(40-57)67-55/h18-19,36,38,43-46,48-55,57-59,61-65H,3-17,20-35,37,39-42H2,1-2H3,(H,56,60)/b19-18-,38-36+. The van der Waals surface area contributed by atoms with E-state index in [0.717, 1.165) is 38.5 Å². The normalized spacial score (nSPS) is 26.3. The second-order valence-corrected chi connectivity index (χ2v) is 20.1. The van der Waals surface area contributed by atoms with Gasteiger partial charge in [0.15, 0.2) is 12.6 Å². The van der Waals surface area contributed by atoms with Crippen molar-refractivity contribution in [1.82, 2.24) is 5.32 Å². The number of allylic oxidation sites excluding steroid dienone is 3. The van der Waals surface area contributed by atoms with Crippen molar-refractivity contribution in [2.24, 2.45) is 0 Å². The Morgan fingerprint density at radius 2 is 0.913 bits per heavy atom. The molecule has 0 aromatic rings. The molecule has 9 N–H and O–H groups in total. The number of carbonyl (C=O) groups excluding carboxylic acids is 1. The minimum Gasteiger partial charge on any atom is -0.394 e. The first kappa shape index (κ1) is 63.6. The predicted octanol–water partition coefficient (Wildman–Crippen LogP) is 8.50. The molecule has 2 heterocycles. The maximum atomic E-state index is 13.2. The lowest BCUT2D eigenvalue weighted by molar-refractivity contribution is -0.359. The average molecular weight is 986 g/mol. The molecule has 14 heteroatoms. The lowest BCUT2D eigenvalue weighted by Crippen LogP contribution is -2.65. The van der Waals surface area contributed by atoms with E-state index in [2.05, 4.69) is 31.3 Å². The van der Waals surface area contributed by atoms with Crippen LogP contribution in [0.1, 0.15) is 226 Å². The Kier molecular flexibility index (Phi) is 38.6. The van der Waals surface area contributed by atoms with Crippen LogP contribution in [-0.2, 0) is 23.7 Å². The van der Waals surface area contributed by atoms with Crippen molar-refractivity contribution in [3.8, 4) is 0 Å². The van der Waals surface area contributed by atoms with E-state index in [1.807, 2.05) is 6.08 Å². The first-order valence-corrected chi connectivity index (χ1v) is 28.1. The fourth-order valence-electron chi connectivity index (χ4n) is 9.29. The second kappa shape index (κ2) is 41.9. The Morgan fingerprint density at radius 3 is 1.38 bits per heavy atom. The van der Waals surface area contributed by atoms with Gasteiger partial charge in [-0.05, 0) is 44.9 Å². The number of unbranched alkanes of at least 4 members (excludes halogenated alkanes) is 29. The zero-order chi connectivity index (χ0) is 50.3. The molecule has 0 radical (unpaired) electrons. The number of aliphatic hydroxyl groups excluding tert-OH is 8. The van der Waals surface area contributed by atoms with E-state index in [4.69, 9.17) is 18.9 Å². The number of ether oxygens (including phenoxy) is 4. The first-order valence-electron chi connectivity index (χ1n) is 28.1. The molecule has 14 nitrogen and oxygen atoms in total. The minimum atomic E-state index is -1.79. The quantitative estimate of drug-likeness (QED) is 0.0206. The number of rotatable bonds is 44. The molecule has 2 aliphatic rings. The lowest BCUT2D eigenvalue weighted by atomic mass is 9.97. The number of hydrogen-bond acceptors (Lipinski definition) is 13. The van der Waals surface area contributed by atoms with Crippen LogP contribution in [0.25, 0.3) is 0 Å². The zero-order valence-electron chi connectivity index (χ0n) is 43.3. The summed E-state index contributed by atoms with van der Waals surface area (Å²) in [5, 5.41) is 86.7. The molecule has 0 bridgehead atoms. The highest BCUT2D eigenvalue weighted by Gasteiger charge is 2.51. The Labute approximate surface area is 418 Å². The molecular weight excluding hydrogens is 883 g/mol. The number of nitrogens with one attached hydrogen (secondary N) is 1. The number of hydrogen-bond donors (Lipinski definition) is 9. The van der Waals surface area contributed by atoms with Gasteiger partial charge < -0.3 is 65.1 Å². The Hall–Kier alpha value is -1.53. The molecule has 406 valence electrons. The SMILES string of the molecule is CCCCCCCCCC/C=C\CCCCCCCCCCCCCCCC(=O)NC(COC1OC(CO)C(OC2OC(CO)C(O)C(O)C2O)C(O)C1O)C(O)/C=C/CCCCCCCCCC. The van der Waals surface area contributed by atoms with Crippen LogP contribution in [0, 0.1) is 0 Å². The van der Waals surface area contributed by atoms with E-state index in [-0.39, 0.29) is 18.9 Å². The monoisotopic (exact) mass is 986 g/mol. The van der Waals surface area contributed by atoms with Crippen molar-refractivity contribution >= 4 is 5.91 Å². The summed E-state index contributed by atoms with van der Waals surface area (Å²) in [6, 6.07) is -0.910. The van der Waals surface area contributed by atoms with E-state index < -0.39 is 86.8 Å². The van der Waals surface area contributed by atoms with Crippen LogP contribution in [-0.4, -0.2) is 140 Å². The highest BCUT2D eigenvalue weighted by Crippen LogP contribution is 2.30. The average Bonchev–Trinajstić information content (AvgIpc) is 3.35. The van der Waals surface area contributed by atoms with E-state index in [9.17, 15) is 45.6 Å². The van der Waals surface area contributed by atoms with E-state index in [1.165, 1.54) is 161 Å². The summed E-state index contributed by atoms with van der Waals surface area (Å²) in [5.41, 5.74) is 0. The Morgan fingerprint density at radius 1 is 0.507 bits per heavy atom. The number of aliphatic hydroxyl groups is 8. The van der Waals surface area contributed by atoms with Crippen molar-refractivity contribution in [2.75, 3.05) is 19.8 Å². The van der Waals surface area contributed by atoms with E-state index in [0.29, 0.717) is 6.42 Å². The van der Waals surface area contributed by atoms with Gasteiger partial charge in [0, 0.05) is 6.42 Å². The summed E-state index contributed by atoms with van der Waals surface area (Å²) in [6.45, 7) is 2.77. The van der Waals surface area contributed by atoms with Gasteiger partial charge in [0.1, 0.15) is 48.8 Å². The molecule has 0 aliphatic carbocycles.